The highest BCUT2D eigenvalue weighted by atomic mass is 79.9. The molecule has 24 heavy (non-hydrogen) atoms. The number of hydrogen-bond acceptors (Lipinski definition) is 3. The van der Waals surface area contributed by atoms with E-state index in [1.807, 2.05) is 36.4 Å². The van der Waals surface area contributed by atoms with E-state index in [9.17, 15) is 4.79 Å². The third-order valence-electron chi connectivity index (χ3n) is 4.08. The molecule has 0 N–H and O–H groups in total. The van der Waals surface area contributed by atoms with Crippen molar-refractivity contribution in [2.45, 2.75) is 18.9 Å². The summed E-state index contributed by atoms with van der Waals surface area (Å²) < 4.78 is 12.1. The number of ether oxygens (including phenoxy) is 2. The smallest absolute Gasteiger partial charge is 0.258 e. The van der Waals surface area contributed by atoms with Crippen molar-refractivity contribution in [1.29, 1.82) is 0 Å². The quantitative estimate of drug-likeness (QED) is 0.765. The first kappa shape index (κ1) is 17.0. The van der Waals surface area contributed by atoms with Crippen LogP contribution in [0.2, 0.25) is 0 Å². The summed E-state index contributed by atoms with van der Waals surface area (Å²) >= 11 is 3.49. The zero-order chi connectivity index (χ0) is 16.9. The predicted molar refractivity (Wildman–Crippen MR) is 97.8 cm³/mol. The van der Waals surface area contributed by atoms with Crippen LogP contribution in [0.5, 0.6) is 5.75 Å². The predicted octanol–water partition coefficient (Wildman–Crippen LogP) is 4.28. The third kappa shape index (κ3) is 3.97. The Morgan fingerprint density at radius 2 is 2.08 bits per heavy atom. The second-order valence-corrected chi connectivity index (χ2v) is 6.65. The Morgan fingerprint density at radius 3 is 2.75 bits per heavy atom. The highest BCUT2D eigenvalue weighted by molar-refractivity contribution is 9.10. The van der Waals surface area contributed by atoms with Gasteiger partial charge in [0.2, 0.25) is 0 Å². The Balaban J connectivity index is 1.68. The van der Waals surface area contributed by atoms with Gasteiger partial charge >= 0.3 is 0 Å². The molecule has 0 aliphatic carbocycles. The standard InChI is InChI=1S/C19H20BrNO3/c1-21(15-6-3-2-4-7-15)19(22)14-9-10-18(17(20)12-14)24-13-16-8-5-11-23-16/h2-4,6-7,9-10,12,16H,5,8,11,13H2,1H3. The van der Waals surface area contributed by atoms with Crippen LogP contribution in [0.3, 0.4) is 0 Å². The molecule has 0 aromatic heterocycles. The fourth-order valence-corrected chi connectivity index (χ4v) is 3.17. The molecule has 0 radical (unpaired) electrons. The number of carbonyl (C=O) groups is 1. The molecule has 126 valence electrons. The van der Waals surface area contributed by atoms with Crippen LogP contribution < -0.4 is 9.64 Å². The van der Waals surface area contributed by atoms with E-state index in [-0.39, 0.29) is 12.0 Å². The van der Waals surface area contributed by atoms with E-state index in [1.165, 1.54) is 0 Å². The van der Waals surface area contributed by atoms with Gasteiger partial charge in [-0.25, -0.2) is 0 Å². The number of carbonyl (C=O) groups excluding carboxylic acids is 1. The number of hydrogen-bond donors (Lipinski definition) is 0. The SMILES string of the molecule is CN(C(=O)c1ccc(OCC2CCCO2)c(Br)c1)c1ccccc1. The Labute approximate surface area is 150 Å². The van der Waals surface area contributed by atoms with Crippen molar-refractivity contribution < 1.29 is 14.3 Å². The summed E-state index contributed by atoms with van der Waals surface area (Å²) in [4.78, 5) is 14.3. The molecule has 1 unspecified atom stereocenters. The first-order chi connectivity index (χ1) is 11.6. The second-order valence-electron chi connectivity index (χ2n) is 5.79. The topological polar surface area (TPSA) is 38.8 Å². The lowest BCUT2D eigenvalue weighted by molar-refractivity contribution is 0.0677. The number of amides is 1. The van der Waals surface area contributed by atoms with Crippen LogP contribution in [0.25, 0.3) is 0 Å². The number of benzene rings is 2. The summed E-state index contributed by atoms with van der Waals surface area (Å²) in [5.41, 5.74) is 1.47. The van der Waals surface area contributed by atoms with Crippen molar-refractivity contribution >= 4 is 27.5 Å². The molecule has 2 aromatic rings. The van der Waals surface area contributed by atoms with Gasteiger partial charge in [-0.1, -0.05) is 18.2 Å². The van der Waals surface area contributed by atoms with Crippen molar-refractivity contribution in [3.05, 3.63) is 58.6 Å². The van der Waals surface area contributed by atoms with Gasteiger partial charge in [0, 0.05) is 24.9 Å². The number of anilines is 1. The maximum atomic E-state index is 12.6. The number of rotatable bonds is 5. The summed E-state index contributed by atoms with van der Waals surface area (Å²) in [6.45, 7) is 1.35. The van der Waals surface area contributed by atoms with Crippen LogP contribution in [0, 0.1) is 0 Å². The lowest BCUT2D eigenvalue weighted by Crippen LogP contribution is -2.26. The summed E-state index contributed by atoms with van der Waals surface area (Å²) in [6, 6.07) is 15.0. The number of nitrogens with zero attached hydrogens (tertiary/aromatic N) is 1. The van der Waals surface area contributed by atoms with Crippen LogP contribution in [-0.2, 0) is 4.74 Å². The Morgan fingerprint density at radius 1 is 1.29 bits per heavy atom. The third-order valence-corrected chi connectivity index (χ3v) is 4.70. The van der Waals surface area contributed by atoms with Crippen LogP contribution in [0.4, 0.5) is 5.69 Å². The van der Waals surface area contributed by atoms with E-state index in [0.29, 0.717) is 12.2 Å². The molecule has 5 heteroatoms. The lowest BCUT2D eigenvalue weighted by Gasteiger charge is -2.18. The Hall–Kier alpha value is -1.85. The molecule has 0 spiro atoms. The van der Waals surface area contributed by atoms with E-state index in [0.717, 1.165) is 35.4 Å². The number of para-hydroxylation sites is 1. The van der Waals surface area contributed by atoms with Gasteiger partial charge in [0.15, 0.2) is 0 Å². The van der Waals surface area contributed by atoms with E-state index in [2.05, 4.69) is 15.9 Å². The minimum atomic E-state index is -0.0624. The van der Waals surface area contributed by atoms with Gasteiger partial charge in [-0.2, -0.15) is 0 Å². The monoisotopic (exact) mass is 389 g/mol. The van der Waals surface area contributed by atoms with E-state index < -0.39 is 0 Å². The van der Waals surface area contributed by atoms with Crippen molar-refractivity contribution in [2.24, 2.45) is 0 Å². The summed E-state index contributed by atoms with van der Waals surface area (Å²) in [5.74, 6) is 0.664. The molecule has 3 rings (SSSR count). The van der Waals surface area contributed by atoms with Gasteiger partial charge in [-0.05, 0) is 59.1 Å². The summed E-state index contributed by atoms with van der Waals surface area (Å²) in [6.07, 6.45) is 2.30. The molecule has 4 nitrogen and oxygen atoms in total. The van der Waals surface area contributed by atoms with Crippen LogP contribution in [-0.4, -0.2) is 32.3 Å². The Bertz CT molecular complexity index is 699. The van der Waals surface area contributed by atoms with Crippen LogP contribution in [0.15, 0.2) is 53.0 Å². The van der Waals surface area contributed by atoms with E-state index >= 15 is 0 Å². The van der Waals surface area contributed by atoms with Crippen molar-refractivity contribution in [3.63, 3.8) is 0 Å². The minimum Gasteiger partial charge on any atom is -0.490 e. The highest BCUT2D eigenvalue weighted by Crippen LogP contribution is 2.28. The van der Waals surface area contributed by atoms with E-state index in [1.54, 1.807) is 24.1 Å². The molecule has 1 heterocycles. The second kappa shape index (κ2) is 7.81. The fraction of sp³-hybridized carbons (Fsp3) is 0.316. The molecule has 1 aliphatic heterocycles. The average molecular weight is 390 g/mol. The maximum Gasteiger partial charge on any atom is 0.258 e. The molecule has 1 saturated heterocycles. The van der Waals surface area contributed by atoms with Crippen LogP contribution >= 0.6 is 15.9 Å². The largest absolute Gasteiger partial charge is 0.490 e. The molecular weight excluding hydrogens is 370 g/mol. The molecule has 1 atom stereocenters. The first-order valence-electron chi connectivity index (χ1n) is 8.02. The molecule has 1 amide bonds. The van der Waals surface area contributed by atoms with Gasteiger partial charge in [0.05, 0.1) is 10.6 Å². The summed E-state index contributed by atoms with van der Waals surface area (Å²) in [7, 11) is 1.77. The molecule has 1 fully saturated rings. The first-order valence-corrected chi connectivity index (χ1v) is 8.81. The van der Waals surface area contributed by atoms with Gasteiger partial charge in [0.1, 0.15) is 12.4 Å². The Kier molecular flexibility index (Phi) is 5.53. The maximum absolute atomic E-state index is 12.6. The van der Waals surface area contributed by atoms with Crippen molar-refractivity contribution in [2.75, 3.05) is 25.2 Å². The van der Waals surface area contributed by atoms with E-state index in [4.69, 9.17) is 9.47 Å². The van der Waals surface area contributed by atoms with Crippen LogP contribution in [0.1, 0.15) is 23.2 Å². The van der Waals surface area contributed by atoms with Crippen molar-refractivity contribution in [1.82, 2.24) is 0 Å². The fourth-order valence-electron chi connectivity index (χ4n) is 2.67. The lowest BCUT2D eigenvalue weighted by atomic mass is 10.2. The zero-order valence-corrected chi connectivity index (χ0v) is 15.2. The normalized spacial score (nSPS) is 16.8. The zero-order valence-electron chi connectivity index (χ0n) is 13.6. The molecule has 0 saturated carbocycles. The molecular formula is C19H20BrNO3. The van der Waals surface area contributed by atoms with Gasteiger partial charge < -0.3 is 14.4 Å². The van der Waals surface area contributed by atoms with Gasteiger partial charge in [-0.3, -0.25) is 4.79 Å². The summed E-state index contributed by atoms with van der Waals surface area (Å²) in [5, 5.41) is 0. The van der Waals surface area contributed by atoms with Crippen molar-refractivity contribution in [3.8, 4) is 5.75 Å². The highest BCUT2D eigenvalue weighted by Gasteiger charge is 2.18. The number of halogens is 1. The molecule has 0 bridgehead atoms. The van der Waals surface area contributed by atoms with Gasteiger partial charge in [-0.15, -0.1) is 0 Å². The molecule has 1 aliphatic rings. The minimum absolute atomic E-state index is 0.0624. The average Bonchev–Trinajstić information content (AvgIpc) is 3.13. The van der Waals surface area contributed by atoms with Gasteiger partial charge in [0.25, 0.3) is 5.91 Å². The molecule has 2 aromatic carbocycles.